The van der Waals surface area contributed by atoms with Gasteiger partial charge in [0.15, 0.2) is 0 Å². The monoisotopic (exact) mass is 725 g/mol. The van der Waals surface area contributed by atoms with E-state index in [1.807, 2.05) is 13.8 Å². The van der Waals surface area contributed by atoms with Gasteiger partial charge in [0.25, 0.3) is 11.8 Å². The molecule has 0 unspecified atom stereocenters. The maximum absolute atomic E-state index is 12.9. The predicted molar refractivity (Wildman–Crippen MR) is 192 cm³/mol. The second-order valence-electron chi connectivity index (χ2n) is 12.8. The van der Waals surface area contributed by atoms with Crippen molar-refractivity contribution in [2.45, 2.75) is 42.9 Å². The van der Waals surface area contributed by atoms with Gasteiger partial charge in [0.2, 0.25) is 26.0 Å². The average Bonchev–Trinajstić information content (AvgIpc) is 3.83. The van der Waals surface area contributed by atoms with Gasteiger partial charge < -0.3 is 25.8 Å². The summed E-state index contributed by atoms with van der Waals surface area (Å²) in [7, 11) is -1.18. The SMILES string of the molecule is CN(C)S(=O)(=O)c1ccc2c(c1)CC(=O)N2.Cc1[nH]c(C=C2C(=O)Nc3ccc(S(=O)(=O)N(C)C)cc32)c(C)c1C(=O)NCCN1CCCC1. The minimum atomic E-state index is -3.65. The lowest BCUT2D eigenvalue weighted by Gasteiger charge is -2.14. The van der Waals surface area contributed by atoms with Gasteiger partial charge in [-0.2, -0.15) is 0 Å². The number of amides is 3. The minimum absolute atomic E-state index is 0.102. The number of carbonyl (C=O) groups is 3. The number of nitrogens with zero attached hydrogens (tertiary/aromatic N) is 3. The summed E-state index contributed by atoms with van der Waals surface area (Å²) in [6.45, 7) is 7.24. The standard InChI is InChI=1S/C24H31N5O4S.C10H12N2O3S/c1-15-21(26-16(2)22(15)24(31)25-9-12-29-10-5-6-11-29)14-19-18-13-17(34(32,33)28(3)4)7-8-20(18)27-23(19)30;1-12(2)16(14,15)8-3-4-9-7(5-8)6-10(13)11-9/h7-8,13-14,26H,5-6,9-12H2,1-4H3,(H,25,31)(H,27,30);3-5H,6H2,1-2H3,(H,11,13). The number of aromatic amines is 1. The van der Waals surface area contributed by atoms with Crippen LogP contribution in [-0.2, 0) is 36.1 Å². The number of benzene rings is 2. The van der Waals surface area contributed by atoms with Gasteiger partial charge in [-0.15, -0.1) is 0 Å². The number of likely N-dealkylation sites (tertiary alicyclic amines) is 1. The van der Waals surface area contributed by atoms with Gasteiger partial charge in [0.05, 0.1) is 27.3 Å². The summed E-state index contributed by atoms with van der Waals surface area (Å²) in [5.74, 6) is -0.571. The number of fused-ring (bicyclic) bond motifs is 2. The summed E-state index contributed by atoms with van der Waals surface area (Å²) in [5.41, 5.74) is 5.49. The van der Waals surface area contributed by atoms with Gasteiger partial charge >= 0.3 is 0 Å². The number of carbonyl (C=O) groups excluding carboxylic acids is 3. The molecule has 4 heterocycles. The zero-order valence-corrected chi connectivity index (χ0v) is 30.6. The van der Waals surface area contributed by atoms with Crippen molar-refractivity contribution in [1.29, 1.82) is 0 Å². The fourth-order valence-corrected chi connectivity index (χ4v) is 7.97. The third kappa shape index (κ3) is 7.54. The molecule has 0 radical (unpaired) electrons. The summed E-state index contributed by atoms with van der Waals surface area (Å²) in [6, 6.07) is 9.24. The fourth-order valence-electron chi connectivity index (χ4n) is 6.08. The molecule has 1 aromatic heterocycles. The number of aromatic nitrogens is 1. The summed E-state index contributed by atoms with van der Waals surface area (Å²) >= 11 is 0. The van der Waals surface area contributed by atoms with Crippen molar-refractivity contribution >= 4 is 60.8 Å². The van der Waals surface area contributed by atoms with Crippen LogP contribution in [0, 0.1) is 13.8 Å². The molecule has 6 rings (SSSR count). The Kier molecular flexibility index (Phi) is 10.7. The van der Waals surface area contributed by atoms with Crippen molar-refractivity contribution in [3.8, 4) is 0 Å². The first-order chi connectivity index (χ1) is 23.5. The van der Waals surface area contributed by atoms with Gasteiger partial charge in [-0.05, 0) is 93.4 Å². The van der Waals surface area contributed by atoms with Crippen molar-refractivity contribution in [3.05, 3.63) is 70.0 Å². The molecule has 14 nitrogen and oxygen atoms in total. The van der Waals surface area contributed by atoms with Crippen LogP contribution < -0.4 is 16.0 Å². The molecule has 0 aliphatic carbocycles. The Hall–Kier alpha value is -4.35. The number of H-pyrrole nitrogens is 1. The second-order valence-corrected chi connectivity index (χ2v) is 17.1. The summed E-state index contributed by atoms with van der Waals surface area (Å²) in [4.78, 5) is 42.6. The highest BCUT2D eigenvalue weighted by Gasteiger charge is 2.29. The van der Waals surface area contributed by atoms with Gasteiger partial charge in [-0.1, -0.05) is 0 Å². The van der Waals surface area contributed by atoms with Crippen molar-refractivity contribution in [2.75, 3.05) is 65.0 Å². The smallest absolute Gasteiger partial charge is 0.256 e. The number of aryl methyl sites for hydroxylation is 1. The topological polar surface area (TPSA) is 181 Å². The predicted octanol–water partition coefficient (Wildman–Crippen LogP) is 2.63. The number of hydrogen-bond acceptors (Lipinski definition) is 8. The van der Waals surface area contributed by atoms with Crippen LogP contribution in [0.2, 0.25) is 0 Å². The van der Waals surface area contributed by atoms with E-state index in [1.165, 1.54) is 59.2 Å². The maximum atomic E-state index is 12.9. The number of sulfonamides is 2. The number of rotatable bonds is 9. The van der Waals surface area contributed by atoms with Crippen LogP contribution in [0.3, 0.4) is 0 Å². The van der Waals surface area contributed by atoms with Crippen molar-refractivity contribution in [2.24, 2.45) is 0 Å². The lowest BCUT2D eigenvalue weighted by molar-refractivity contribution is -0.115. The highest BCUT2D eigenvalue weighted by molar-refractivity contribution is 7.89. The molecule has 0 spiro atoms. The highest BCUT2D eigenvalue weighted by Crippen LogP contribution is 2.36. The Morgan fingerprint density at radius 3 is 2.10 bits per heavy atom. The van der Waals surface area contributed by atoms with Gasteiger partial charge in [0.1, 0.15) is 0 Å². The average molecular weight is 726 g/mol. The van der Waals surface area contributed by atoms with Crippen molar-refractivity contribution < 1.29 is 31.2 Å². The number of nitrogens with one attached hydrogen (secondary N) is 4. The number of anilines is 2. The molecule has 2 aromatic carbocycles. The quantitative estimate of drug-likeness (QED) is 0.243. The molecule has 268 valence electrons. The Morgan fingerprint density at radius 1 is 0.880 bits per heavy atom. The highest BCUT2D eigenvalue weighted by atomic mass is 32.2. The van der Waals surface area contributed by atoms with Crippen molar-refractivity contribution in [1.82, 2.24) is 23.8 Å². The van der Waals surface area contributed by atoms with Gasteiger partial charge in [-0.25, -0.2) is 25.4 Å². The van der Waals surface area contributed by atoms with Crippen LogP contribution >= 0.6 is 0 Å². The molecule has 0 bridgehead atoms. The molecule has 0 atom stereocenters. The first-order valence-corrected chi connectivity index (χ1v) is 19.0. The maximum Gasteiger partial charge on any atom is 0.256 e. The molecule has 3 aliphatic heterocycles. The molecule has 1 fully saturated rings. The molecular weight excluding hydrogens is 683 g/mol. The largest absolute Gasteiger partial charge is 0.358 e. The van der Waals surface area contributed by atoms with Gasteiger partial charge in [-0.3, -0.25) is 14.4 Å². The molecular formula is C34H43N7O7S2. The zero-order valence-electron chi connectivity index (χ0n) is 29.0. The Bertz CT molecular complexity index is 2100. The van der Waals surface area contributed by atoms with Gasteiger partial charge in [0, 0.05) is 69.6 Å². The molecule has 3 amide bonds. The number of hydrogen-bond donors (Lipinski definition) is 4. The van der Waals surface area contributed by atoms with Crippen LogP contribution in [0.15, 0.2) is 46.2 Å². The van der Waals surface area contributed by atoms with E-state index in [0.717, 1.165) is 39.4 Å². The van der Waals surface area contributed by atoms with E-state index in [4.69, 9.17) is 0 Å². The summed E-state index contributed by atoms with van der Waals surface area (Å²) < 4.78 is 51.1. The molecule has 16 heteroatoms. The Morgan fingerprint density at radius 2 is 1.48 bits per heavy atom. The summed E-state index contributed by atoms with van der Waals surface area (Å²) in [5, 5.41) is 8.44. The minimum Gasteiger partial charge on any atom is -0.358 e. The normalized spacial score (nSPS) is 16.7. The van der Waals surface area contributed by atoms with Crippen molar-refractivity contribution in [3.63, 3.8) is 0 Å². The first kappa shape index (κ1) is 36.9. The molecule has 3 aromatic rings. The van der Waals surface area contributed by atoms with E-state index in [-0.39, 0.29) is 33.9 Å². The van der Waals surface area contributed by atoms with E-state index in [0.29, 0.717) is 46.0 Å². The van der Waals surface area contributed by atoms with Crippen LogP contribution in [-0.4, -0.2) is 107 Å². The van der Waals surface area contributed by atoms with Crippen LogP contribution in [0.5, 0.6) is 0 Å². The van der Waals surface area contributed by atoms with Crippen LogP contribution in [0.25, 0.3) is 11.6 Å². The third-order valence-corrected chi connectivity index (χ3v) is 12.6. The van der Waals surface area contributed by atoms with Crippen LogP contribution in [0.4, 0.5) is 11.4 Å². The van der Waals surface area contributed by atoms with E-state index in [1.54, 1.807) is 24.3 Å². The van der Waals surface area contributed by atoms with E-state index >= 15 is 0 Å². The van der Waals surface area contributed by atoms with E-state index < -0.39 is 20.0 Å². The fraction of sp³-hybridized carbons (Fsp3) is 0.382. The molecule has 3 aliphatic rings. The second kappa shape index (κ2) is 14.5. The third-order valence-electron chi connectivity index (χ3n) is 8.94. The molecule has 0 saturated carbocycles. The molecule has 4 N–H and O–H groups in total. The molecule has 1 saturated heterocycles. The van der Waals surface area contributed by atoms with Crippen LogP contribution in [0.1, 0.15) is 51.3 Å². The Balaban J connectivity index is 0.000000253. The lowest BCUT2D eigenvalue weighted by atomic mass is 10.0. The van der Waals surface area contributed by atoms with E-state index in [2.05, 4.69) is 25.8 Å². The molecule has 50 heavy (non-hydrogen) atoms. The zero-order chi connectivity index (χ0) is 36.5. The Labute approximate surface area is 293 Å². The van der Waals surface area contributed by atoms with E-state index in [9.17, 15) is 31.2 Å². The lowest BCUT2D eigenvalue weighted by Crippen LogP contribution is -2.33. The summed E-state index contributed by atoms with van der Waals surface area (Å²) in [6.07, 6.45) is 4.34. The first-order valence-electron chi connectivity index (χ1n) is 16.2.